The SMILES string of the molecule is Cc1cc(Br)c(F)cc1NCC1CCOCC1. The van der Waals surface area contributed by atoms with Gasteiger partial charge in [0.05, 0.1) is 4.47 Å². The molecule has 0 saturated carbocycles. The zero-order valence-corrected chi connectivity index (χ0v) is 11.5. The molecule has 4 heteroatoms. The number of benzene rings is 1. The summed E-state index contributed by atoms with van der Waals surface area (Å²) in [5.41, 5.74) is 1.95. The van der Waals surface area contributed by atoms with Crippen LogP contribution in [-0.2, 0) is 4.74 Å². The highest BCUT2D eigenvalue weighted by Gasteiger charge is 2.14. The molecular formula is C13H17BrFNO. The average molecular weight is 302 g/mol. The molecule has 2 nitrogen and oxygen atoms in total. The van der Waals surface area contributed by atoms with E-state index in [9.17, 15) is 4.39 Å². The van der Waals surface area contributed by atoms with Crippen molar-refractivity contribution in [2.75, 3.05) is 25.1 Å². The minimum Gasteiger partial charge on any atom is -0.384 e. The summed E-state index contributed by atoms with van der Waals surface area (Å²) in [6.45, 7) is 4.57. The van der Waals surface area contributed by atoms with Crippen LogP contribution >= 0.6 is 15.9 Å². The molecule has 2 rings (SSSR count). The Hall–Kier alpha value is -0.610. The van der Waals surface area contributed by atoms with E-state index in [2.05, 4.69) is 21.2 Å². The fourth-order valence-corrected chi connectivity index (χ4v) is 2.50. The van der Waals surface area contributed by atoms with Crippen LogP contribution < -0.4 is 5.32 Å². The summed E-state index contributed by atoms with van der Waals surface area (Å²) in [5, 5.41) is 3.33. The van der Waals surface area contributed by atoms with Crippen molar-refractivity contribution in [2.45, 2.75) is 19.8 Å². The zero-order valence-electron chi connectivity index (χ0n) is 9.93. The maximum atomic E-state index is 13.4. The topological polar surface area (TPSA) is 21.3 Å². The Labute approximate surface area is 110 Å². The molecule has 0 amide bonds. The third-order valence-electron chi connectivity index (χ3n) is 3.19. The molecular weight excluding hydrogens is 285 g/mol. The van der Waals surface area contributed by atoms with Crippen molar-refractivity contribution in [1.29, 1.82) is 0 Å². The van der Waals surface area contributed by atoms with Crippen molar-refractivity contribution >= 4 is 21.6 Å². The summed E-state index contributed by atoms with van der Waals surface area (Å²) in [6, 6.07) is 3.36. The molecule has 1 aliphatic heterocycles. The van der Waals surface area contributed by atoms with Crippen molar-refractivity contribution in [1.82, 2.24) is 0 Å². The highest BCUT2D eigenvalue weighted by Crippen LogP contribution is 2.25. The van der Waals surface area contributed by atoms with Crippen LogP contribution in [0.25, 0.3) is 0 Å². The highest BCUT2D eigenvalue weighted by atomic mass is 79.9. The second kappa shape index (κ2) is 5.83. The molecule has 0 bridgehead atoms. The van der Waals surface area contributed by atoms with Gasteiger partial charge in [-0.1, -0.05) is 0 Å². The maximum Gasteiger partial charge on any atom is 0.139 e. The van der Waals surface area contributed by atoms with Gasteiger partial charge in [-0.3, -0.25) is 0 Å². The van der Waals surface area contributed by atoms with Crippen LogP contribution in [0, 0.1) is 18.7 Å². The van der Waals surface area contributed by atoms with Crippen LogP contribution in [0.1, 0.15) is 18.4 Å². The number of ether oxygens (including phenoxy) is 1. The summed E-state index contributed by atoms with van der Waals surface area (Å²) in [7, 11) is 0. The number of anilines is 1. The molecule has 1 aliphatic rings. The predicted molar refractivity (Wildman–Crippen MR) is 70.9 cm³/mol. The van der Waals surface area contributed by atoms with Gasteiger partial charge in [-0.15, -0.1) is 0 Å². The first kappa shape index (κ1) is 12.8. The van der Waals surface area contributed by atoms with E-state index in [0.717, 1.165) is 43.9 Å². The third-order valence-corrected chi connectivity index (χ3v) is 3.80. The standard InChI is InChI=1S/C13H17BrFNO/c1-9-6-11(14)12(15)7-13(9)16-8-10-2-4-17-5-3-10/h6-7,10,16H,2-5,8H2,1H3. The number of nitrogens with one attached hydrogen (secondary N) is 1. The second-order valence-corrected chi connectivity index (χ2v) is 5.37. The summed E-state index contributed by atoms with van der Waals surface area (Å²) in [5.74, 6) is 0.417. The number of hydrogen-bond donors (Lipinski definition) is 1. The third kappa shape index (κ3) is 3.42. The number of aryl methyl sites for hydroxylation is 1. The molecule has 17 heavy (non-hydrogen) atoms. The lowest BCUT2D eigenvalue weighted by atomic mass is 10.0. The van der Waals surface area contributed by atoms with Crippen molar-refractivity contribution in [3.05, 3.63) is 28.0 Å². The molecule has 0 aliphatic carbocycles. The van der Waals surface area contributed by atoms with Gasteiger partial charge in [-0.2, -0.15) is 0 Å². The van der Waals surface area contributed by atoms with Gasteiger partial charge in [-0.25, -0.2) is 4.39 Å². The van der Waals surface area contributed by atoms with Gasteiger partial charge >= 0.3 is 0 Å². The number of halogens is 2. The fourth-order valence-electron chi connectivity index (χ4n) is 2.04. The van der Waals surface area contributed by atoms with Gasteiger partial charge < -0.3 is 10.1 Å². The van der Waals surface area contributed by atoms with Crippen LogP contribution in [0.4, 0.5) is 10.1 Å². The van der Waals surface area contributed by atoms with Gasteiger partial charge in [0.15, 0.2) is 0 Å². The molecule has 0 spiro atoms. The maximum absolute atomic E-state index is 13.4. The van der Waals surface area contributed by atoms with Gasteiger partial charge in [0, 0.05) is 25.4 Å². The van der Waals surface area contributed by atoms with Crippen LogP contribution in [0.15, 0.2) is 16.6 Å². The molecule has 1 aromatic carbocycles. The quantitative estimate of drug-likeness (QED) is 0.918. The largest absolute Gasteiger partial charge is 0.384 e. The lowest BCUT2D eigenvalue weighted by Crippen LogP contribution is -2.22. The normalized spacial score (nSPS) is 17.1. The molecule has 1 heterocycles. The Morgan fingerprint density at radius 2 is 2.12 bits per heavy atom. The van der Waals surface area contributed by atoms with Gasteiger partial charge in [0.2, 0.25) is 0 Å². The molecule has 0 aromatic heterocycles. The van der Waals surface area contributed by atoms with E-state index in [1.165, 1.54) is 0 Å². The average Bonchev–Trinajstić information content (AvgIpc) is 2.33. The molecule has 0 atom stereocenters. The number of rotatable bonds is 3. The van der Waals surface area contributed by atoms with Crippen LogP contribution in [0.2, 0.25) is 0 Å². The zero-order chi connectivity index (χ0) is 12.3. The fraction of sp³-hybridized carbons (Fsp3) is 0.538. The van der Waals surface area contributed by atoms with Crippen LogP contribution in [0.5, 0.6) is 0 Å². The van der Waals surface area contributed by atoms with E-state index in [4.69, 9.17) is 4.74 Å². The lowest BCUT2D eigenvalue weighted by molar-refractivity contribution is 0.0699. The van der Waals surface area contributed by atoms with Crippen molar-refractivity contribution in [3.63, 3.8) is 0 Å². The predicted octanol–water partition coefficient (Wildman–Crippen LogP) is 3.74. The molecule has 1 fully saturated rings. The Bertz CT molecular complexity index is 391. The lowest BCUT2D eigenvalue weighted by Gasteiger charge is -2.23. The smallest absolute Gasteiger partial charge is 0.139 e. The summed E-state index contributed by atoms with van der Waals surface area (Å²) < 4.78 is 19.3. The first-order valence-electron chi connectivity index (χ1n) is 5.94. The molecule has 1 saturated heterocycles. The van der Waals surface area contributed by atoms with E-state index in [1.54, 1.807) is 6.07 Å². The Morgan fingerprint density at radius 3 is 2.82 bits per heavy atom. The highest BCUT2D eigenvalue weighted by molar-refractivity contribution is 9.10. The van der Waals surface area contributed by atoms with Crippen molar-refractivity contribution in [2.24, 2.45) is 5.92 Å². The second-order valence-electron chi connectivity index (χ2n) is 4.52. The molecule has 1 N–H and O–H groups in total. The van der Waals surface area contributed by atoms with Gasteiger partial charge in [-0.05, 0) is 59.3 Å². The van der Waals surface area contributed by atoms with E-state index < -0.39 is 0 Å². The molecule has 0 radical (unpaired) electrons. The van der Waals surface area contributed by atoms with Gasteiger partial charge in [0.1, 0.15) is 5.82 Å². The Morgan fingerprint density at radius 1 is 1.41 bits per heavy atom. The van der Waals surface area contributed by atoms with Crippen LogP contribution in [-0.4, -0.2) is 19.8 Å². The van der Waals surface area contributed by atoms with E-state index in [1.807, 2.05) is 13.0 Å². The van der Waals surface area contributed by atoms with E-state index >= 15 is 0 Å². The Balaban J connectivity index is 1.96. The molecule has 94 valence electrons. The number of hydrogen-bond acceptors (Lipinski definition) is 2. The summed E-state index contributed by atoms with van der Waals surface area (Å²) >= 11 is 3.19. The minimum absolute atomic E-state index is 0.218. The Kier molecular flexibility index (Phi) is 4.40. The van der Waals surface area contributed by atoms with E-state index in [-0.39, 0.29) is 5.82 Å². The summed E-state index contributed by atoms with van der Waals surface area (Å²) in [6.07, 6.45) is 2.18. The van der Waals surface area contributed by atoms with Gasteiger partial charge in [0.25, 0.3) is 0 Å². The minimum atomic E-state index is -0.218. The van der Waals surface area contributed by atoms with Crippen molar-refractivity contribution in [3.8, 4) is 0 Å². The van der Waals surface area contributed by atoms with E-state index in [0.29, 0.717) is 10.4 Å². The van der Waals surface area contributed by atoms with Crippen LogP contribution in [0.3, 0.4) is 0 Å². The first-order chi connectivity index (χ1) is 8.16. The molecule has 0 unspecified atom stereocenters. The molecule has 1 aromatic rings. The first-order valence-corrected chi connectivity index (χ1v) is 6.73. The van der Waals surface area contributed by atoms with Crippen molar-refractivity contribution < 1.29 is 9.13 Å². The monoisotopic (exact) mass is 301 g/mol. The summed E-state index contributed by atoms with van der Waals surface area (Å²) in [4.78, 5) is 0.